The van der Waals surface area contributed by atoms with Gasteiger partial charge in [-0.25, -0.2) is 9.59 Å². The Balaban J connectivity index is 2.68. The highest BCUT2D eigenvalue weighted by Gasteiger charge is 2.38. The maximum atomic E-state index is 14.7. The maximum Gasteiger partial charge on any atom is 0.408 e. The summed E-state index contributed by atoms with van der Waals surface area (Å²) in [6.07, 6.45) is 4.27. The number of hydrogen-bond acceptors (Lipinski definition) is 8. The van der Waals surface area contributed by atoms with Crippen LogP contribution in [-0.4, -0.2) is 69.6 Å². The third-order valence-electron chi connectivity index (χ3n) is 8.09. The molecule has 2 rings (SSSR count). The number of ether oxygens (including phenoxy) is 2. The lowest BCUT2D eigenvalue weighted by Crippen LogP contribution is -2.55. The number of hydrogen-bond donors (Lipinski definition) is 4. The molecule has 2 aromatic rings. The summed E-state index contributed by atoms with van der Waals surface area (Å²) in [6.45, 7) is 14.2. The Morgan fingerprint density at radius 3 is 2.02 bits per heavy atom. The van der Waals surface area contributed by atoms with Gasteiger partial charge in [0.25, 0.3) is 0 Å². The molecule has 0 aliphatic rings. The Kier molecular flexibility index (Phi) is 17.1. The van der Waals surface area contributed by atoms with Crippen LogP contribution in [0.1, 0.15) is 123 Å². The number of esters is 1. The van der Waals surface area contributed by atoms with E-state index < -0.39 is 59.1 Å². The maximum absolute atomic E-state index is 14.7. The zero-order valence-electron chi connectivity index (χ0n) is 32.3. The molecule has 0 radical (unpaired) electrons. The third-order valence-corrected chi connectivity index (χ3v) is 8.09. The van der Waals surface area contributed by atoms with Crippen molar-refractivity contribution in [2.24, 2.45) is 5.73 Å². The van der Waals surface area contributed by atoms with Crippen LogP contribution in [0, 0.1) is 6.92 Å². The van der Waals surface area contributed by atoms with Gasteiger partial charge in [0.1, 0.15) is 35.1 Å². The second-order valence-electron chi connectivity index (χ2n) is 15.2. The van der Waals surface area contributed by atoms with Gasteiger partial charge in [-0.3, -0.25) is 14.4 Å². The van der Waals surface area contributed by atoms with Crippen molar-refractivity contribution in [3.8, 4) is 5.75 Å². The first-order valence-electron chi connectivity index (χ1n) is 18.3. The smallest absolute Gasteiger partial charge is 0.408 e. The summed E-state index contributed by atoms with van der Waals surface area (Å²) in [6, 6.07) is 10.1. The van der Waals surface area contributed by atoms with Gasteiger partial charge in [0.2, 0.25) is 17.7 Å². The standard InChI is InChI=1S/C40H60N4O8/c1-9-10-11-12-13-17-24-44(36(48)30(21-23-33(41)46)43-38(50)52-40(6,7)8)34(29-20-22-32(45)27(2)25-29)35(47)42-31(37(49)51-39(3,4)5)26-28-18-15-14-16-19-28/h14-16,18-20,22,25,30-31,34,45H,9-13,17,21,23-24,26H2,1-8H3,(H2,41,46)(H,42,47)(H,43,50). The molecule has 2 aromatic carbocycles. The van der Waals surface area contributed by atoms with Crippen molar-refractivity contribution in [3.63, 3.8) is 0 Å². The molecule has 4 amide bonds. The van der Waals surface area contributed by atoms with E-state index in [9.17, 15) is 29.1 Å². The molecule has 0 saturated heterocycles. The lowest BCUT2D eigenvalue weighted by molar-refractivity contribution is -0.159. The van der Waals surface area contributed by atoms with Gasteiger partial charge in [-0.1, -0.05) is 75.4 Å². The molecule has 12 heteroatoms. The summed E-state index contributed by atoms with van der Waals surface area (Å²) in [5.74, 6) is -2.62. The lowest BCUT2D eigenvalue weighted by atomic mass is 9.98. The number of nitrogens with two attached hydrogens (primary N) is 1. The minimum atomic E-state index is -1.31. The second kappa shape index (κ2) is 20.4. The molecule has 0 aromatic heterocycles. The summed E-state index contributed by atoms with van der Waals surface area (Å²) in [5.41, 5.74) is 5.37. The molecule has 5 N–H and O–H groups in total. The highest BCUT2D eigenvalue weighted by Crippen LogP contribution is 2.29. The molecule has 0 aliphatic heterocycles. The van der Waals surface area contributed by atoms with Gasteiger partial charge >= 0.3 is 12.1 Å². The van der Waals surface area contributed by atoms with E-state index in [1.165, 1.54) is 11.0 Å². The van der Waals surface area contributed by atoms with Gasteiger partial charge in [0.05, 0.1) is 0 Å². The van der Waals surface area contributed by atoms with Crippen LogP contribution in [0.25, 0.3) is 0 Å². The van der Waals surface area contributed by atoms with Crippen LogP contribution >= 0.6 is 0 Å². The van der Waals surface area contributed by atoms with Crippen LogP contribution in [0.3, 0.4) is 0 Å². The number of primary amides is 1. The number of unbranched alkanes of at least 4 members (excludes halogenated alkanes) is 5. The molecule has 0 heterocycles. The molecule has 0 aliphatic carbocycles. The largest absolute Gasteiger partial charge is 0.508 e. The highest BCUT2D eigenvalue weighted by molar-refractivity contribution is 5.94. The Morgan fingerprint density at radius 1 is 0.827 bits per heavy atom. The summed E-state index contributed by atoms with van der Waals surface area (Å²) < 4.78 is 11.2. The van der Waals surface area contributed by atoms with Gasteiger partial charge in [-0.2, -0.15) is 0 Å². The van der Waals surface area contributed by atoms with Crippen LogP contribution in [0.2, 0.25) is 0 Å². The topological polar surface area (TPSA) is 177 Å². The number of rotatable bonds is 19. The number of carbonyl (C=O) groups excluding carboxylic acids is 5. The van der Waals surface area contributed by atoms with Crippen molar-refractivity contribution in [2.45, 2.75) is 143 Å². The van der Waals surface area contributed by atoms with Gasteiger partial charge < -0.3 is 35.8 Å². The third kappa shape index (κ3) is 15.7. The van der Waals surface area contributed by atoms with Crippen molar-refractivity contribution in [1.29, 1.82) is 0 Å². The lowest BCUT2D eigenvalue weighted by Gasteiger charge is -2.35. The van der Waals surface area contributed by atoms with Crippen LogP contribution < -0.4 is 16.4 Å². The molecule has 0 saturated carbocycles. The number of benzene rings is 2. The molecule has 0 fully saturated rings. The average Bonchev–Trinajstić information content (AvgIpc) is 3.03. The SMILES string of the molecule is CCCCCCCCN(C(=O)C(CCC(N)=O)NC(=O)OC(C)(C)C)C(C(=O)NC(Cc1ccccc1)C(=O)OC(C)(C)C)c1ccc(O)c(C)c1. The number of amides is 4. The first-order valence-corrected chi connectivity index (χ1v) is 18.3. The quantitative estimate of drug-likeness (QED) is 0.0984. The van der Waals surface area contributed by atoms with Crippen molar-refractivity contribution < 1.29 is 38.6 Å². The van der Waals surface area contributed by atoms with Crippen molar-refractivity contribution in [3.05, 3.63) is 65.2 Å². The number of aromatic hydroxyl groups is 1. The predicted molar refractivity (Wildman–Crippen MR) is 200 cm³/mol. The normalized spacial score (nSPS) is 13.3. The zero-order valence-corrected chi connectivity index (χ0v) is 32.3. The fourth-order valence-electron chi connectivity index (χ4n) is 5.61. The van der Waals surface area contributed by atoms with E-state index >= 15 is 0 Å². The first-order chi connectivity index (χ1) is 24.3. The average molecular weight is 725 g/mol. The van der Waals surface area contributed by atoms with Crippen molar-refractivity contribution in [2.75, 3.05) is 6.54 Å². The fraction of sp³-hybridized carbons (Fsp3) is 0.575. The molecule has 12 nitrogen and oxygen atoms in total. The molecule has 52 heavy (non-hydrogen) atoms. The fourth-order valence-corrected chi connectivity index (χ4v) is 5.61. The Hall–Kier alpha value is -4.61. The number of nitrogens with zero attached hydrogens (tertiary/aromatic N) is 1. The van der Waals surface area contributed by atoms with Gasteiger partial charge in [-0.15, -0.1) is 0 Å². The molecule has 288 valence electrons. The molecule has 0 spiro atoms. The summed E-state index contributed by atoms with van der Waals surface area (Å²) in [4.78, 5) is 69.2. The van der Waals surface area contributed by atoms with E-state index in [0.29, 0.717) is 17.5 Å². The monoisotopic (exact) mass is 724 g/mol. The second-order valence-corrected chi connectivity index (χ2v) is 15.2. The number of phenols is 1. The molecular weight excluding hydrogens is 664 g/mol. The number of carbonyl (C=O) groups is 5. The van der Waals surface area contributed by atoms with Gasteiger partial charge in [0, 0.05) is 19.4 Å². The molecule has 3 atom stereocenters. The zero-order chi connectivity index (χ0) is 39.1. The predicted octanol–water partition coefficient (Wildman–Crippen LogP) is 6.16. The number of alkyl carbamates (subject to hydrolysis) is 1. The number of phenolic OH excluding ortho intramolecular Hbond substituents is 1. The molecular formula is C40H60N4O8. The van der Waals surface area contributed by atoms with Crippen LogP contribution in [0.15, 0.2) is 48.5 Å². The van der Waals surface area contributed by atoms with Crippen LogP contribution in [0.5, 0.6) is 5.75 Å². The summed E-state index contributed by atoms with van der Waals surface area (Å²) in [5, 5.41) is 15.9. The molecule has 3 unspecified atom stereocenters. The Morgan fingerprint density at radius 2 is 1.44 bits per heavy atom. The number of aryl methyl sites for hydroxylation is 1. The van der Waals surface area contributed by atoms with Crippen molar-refractivity contribution in [1.82, 2.24) is 15.5 Å². The van der Waals surface area contributed by atoms with Crippen LogP contribution in [0.4, 0.5) is 4.79 Å². The van der Waals surface area contributed by atoms with E-state index in [2.05, 4.69) is 17.6 Å². The Bertz CT molecular complexity index is 1480. The first kappa shape index (κ1) is 43.6. The van der Waals surface area contributed by atoms with Crippen molar-refractivity contribution >= 4 is 29.8 Å². The van der Waals surface area contributed by atoms with Gasteiger partial charge in [-0.05, 0) is 90.1 Å². The van der Waals surface area contributed by atoms with E-state index in [0.717, 1.165) is 37.7 Å². The van der Waals surface area contributed by atoms with E-state index in [4.69, 9.17) is 15.2 Å². The number of nitrogens with one attached hydrogen (secondary N) is 2. The highest BCUT2D eigenvalue weighted by atomic mass is 16.6. The molecule has 0 bridgehead atoms. The van der Waals surface area contributed by atoms with E-state index in [1.807, 2.05) is 30.3 Å². The Labute approximate surface area is 309 Å². The summed E-state index contributed by atoms with van der Waals surface area (Å²) >= 11 is 0. The van der Waals surface area contributed by atoms with Crippen LogP contribution in [-0.2, 0) is 35.1 Å². The van der Waals surface area contributed by atoms with E-state index in [-0.39, 0.29) is 31.6 Å². The van der Waals surface area contributed by atoms with Gasteiger partial charge in [0.15, 0.2) is 0 Å². The van der Waals surface area contributed by atoms with E-state index in [1.54, 1.807) is 60.6 Å². The minimum Gasteiger partial charge on any atom is -0.508 e. The minimum absolute atomic E-state index is 0.00153. The summed E-state index contributed by atoms with van der Waals surface area (Å²) in [7, 11) is 0.